The van der Waals surface area contributed by atoms with E-state index in [-0.39, 0.29) is 11.3 Å². The molecule has 1 aliphatic heterocycles. The number of aromatic nitrogens is 1. The first kappa shape index (κ1) is 12.9. The average molecular weight is 294 g/mol. The predicted octanol–water partition coefficient (Wildman–Crippen LogP) is 0.543. The highest BCUT2D eigenvalue weighted by Crippen LogP contribution is 2.20. The number of nitrogen functional groups attached to an aromatic ring is 1. The topological polar surface area (TPSA) is 101 Å². The Balaban J connectivity index is 1.70. The van der Waals surface area contributed by atoms with Gasteiger partial charge in [-0.3, -0.25) is 0 Å². The molecule has 8 heteroatoms. The molecule has 1 aliphatic rings. The van der Waals surface area contributed by atoms with Gasteiger partial charge in [0.2, 0.25) is 0 Å². The van der Waals surface area contributed by atoms with Crippen LogP contribution in [0.1, 0.15) is 0 Å². The molecule has 1 unspecified atom stereocenters. The molecular weight excluding hydrogens is 280 g/mol. The van der Waals surface area contributed by atoms with Crippen LogP contribution in [0.5, 0.6) is 0 Å². The van der Waals surface area contributed by atoms with Crippen molar-refractivity contribution < 1.29 is 13.4 Å². The molecule has 0 bridgehead atoms. The number of urea groups is 1. The van der Waals surface area contributed by atoms with E-state index in [1.54, 1.807) is 23.1 Å². The number of nitrogens with two attached hydrogens (primary N) is 1. The van der Waals surface area contributed by atoms with Gasteiger partial charge in [-0.05, 0) is 12.1 Å². The first-order chi connectivity index (χ1) is 9.63. The maximum absolute atomic E-state index is 12.1. The number of carbonyl (C=O) groups excluding carboxylic acids is 1. The lowest BCUT2D eigenvalue weighted by atomic mass is 10.3. The Morgan fingerprint density at radius 2 is 2.35 bits per heavy atom. The largest absolute Gasteiger partial charge is 0.430 e. The van der Waals surface area contributed by atoms with E-state index >= 15 is 0 Å². The Bertz CT molecular complexity index is 684. The number of carbonyl (C=O) groups is 1. The van der Waals surface area contributed by atoms with E-state index in [4.69, 9.17) is 10.2 Å². The van der Waals surface area contributed by atoms with Gasteiger partial charge in [0.15, 0.2) is 5.58 Å². The van der Waals surface area contributed by atoms with Crippen molar-refractivity contribution in [3.63, 3.8) is 0 Å². The summed E-state index contributed by atoms with van der Waals surface area (Å²) in [5.41, 5.74) is 7.37. The molecule has 3 N–H and O–H groups in total. The van der Waals surface area contributed by atoms with E-state index in [2.05, 4.69) is 10.3 Å². The number of anilines is 1. The van der Waals surface area contributed by atoms with Crippen LogP contribution in [-0.2, 0) is 10.8 Å². The number of nitrogens with one attached hydrogen (secondary N) is 1. The van der Waals surface area contributed by atoms with Gasteiger partial charge in [0.05, 0.1) is 5.75 Å². The van der Waals surface area contributed by atoms with Crippen LogP contribution in [0.2, 0.25) is 0 Å². The number of amides is 2. The highest BCUT2D eigenvalue weighted by molar-refractivity contribution is 7.84. The number of rotatable bonds is 4. The van der Waals surface area contributed by atoms with Gasteiger partial charge >= 0.3 is 6.03 Å². The zero-order valence-electron chi connectivity index (χ0n) is 10.7. The summed E-state index contributed by atoms with van der Waals surface area (Å²) in [6.07, 6.45) is 0. The van der Waals surface area contributed by atoms with Crippen LogP contribution >= 0.6 is 0 Å². The molecule has 20 heavy (non-hydrogen) atoms. The van der Waals surface area contributed by atoms with Crippen molar-refractivity contribution >= 4 is 33.6 Å². The number of nitrogens with zero attached hydrogens (tertiary/aromatic N) is 2. The summed E-state index contributed by atoms with van der Waals surface area (Å²) in [5, 5.41) is 2.87. The molecule has 1 aromatic heterocycles. The molecule has 106 valence electrons. The standard InChI is InChI=1S/C12H14N4O3S/c13-8-1-2-9-10(7-8)19-12(15-9)20(18)6-5-16-4-3-14-11(16)17/h1-2,7H,3-6,13H2,(H,14,17). The third-order valence-electron chi connectivity index (χ3n) is 3.08. The molecule has 1 fully saturated rings. The molecule has 1 atom stereocenters. The van der Waals surface area contributed by atoms with Crippen LogP contribution in [-0.4, -0.2) is 45.5 Å². The number of hydrogen-bond donors (Lipinski definition) is 2. The minimum atomic E-state index is -1.37. The molecular formula is C12H14N4O3S. The summed E-state index contributed by atoms with van der Waals surface area (Å²) in [4.78, 5) is 17.2. The minimum absolute atomic E-state index is 0.118. The van der Waals surface area contributed by atoms with Crippen molar-refractivity contribution in [1.29, 1.82) is 0 Å². The van der Waals surface area contributed by atoms with Gasteiger partial charge in [-0.15, -0.1) is 0 Å². The van der Waals surface area contributed by atoms with E-state index in [0.29, 0.717) is 42.2 Å². The summed E-state index contributed by atoms with van der Waals surface area (Å²) in [5.74, 6) is 0.301. The number of benzene rings is 1. The monoisotopic (exact) mass is 294 g/mol. The van der Waals surface area contributed by atoms with Gasteiger partial charge in [-0.2, -0.15) is 0 Å². The Morgan fingerprint density at radius 3 is 3.10 bits per heavy atom. The van der Waals surface area contributed by atoms with Gasteiger partial charge in [0, 0.05) is 31.4 Å². The second kappa shape index (κ2) is 5.12. The van der Waals surface area contributed by atoms with Gasteiger partial charge in [0.25, 0.3) is 5.22 Å². The van der Waals surface area contributed by atoms with Crippen LogP contribution < -0.4 is 11.1 Å². The van der Waals surface area contributed by atoms with E-state index in [1.807, 2.05) is 0 Å². The Labute approximate surface area is 117 Å². The summed E-state index contributed by atoms with van der Waals surface area (Å²) >= 11 is 0. The SMILES string of the molecule is Nc1ccc2nc(S(=O)CCN3CCNC3=O)oc2c1. The second-order valence-electron chi connectivity index (χ2n) is 4.48. The van der Waals surface area contributed by atoms with E-state index in [1.165, 1.54) is 0 Å². The number of hydrogen-bond acceptors (Lipinski definition) is 5. The quantitative estimate of drug-likeness (QED) is 0.802. The van der Waals surface area contributed by atoms with E-state index < -0.39 is 10.8 Å². The van der Waals surface area contributed by atoms with Gasteiger partial charge in [-0.1, -0.05) is 0 Å². The molecule has 7 nitrogen and oxygen atoms in total. The molecule has 1 aromatic carbocycles. The number of oxazole rings is 1. The fraction of sp³-hybridized carbons (Fsp3) is 0.333. The smallest absolute Gasteiger partial charge is 0.317 e. The summed E-state index contributed by atoms with van der Waals surface area (Å²) in [6, 6.07) is 4.97. The van der Waals surface area contributed by atoms with Crippen LogP contribution in [0.4, 0.5) is 10.5 Å². The van der Waals surface area contributed by atoms with Crippen molar-refractivity contribution in [2.24, 2.45) is 0 Å². The molecule has 0 radical (unpaired) electrons. The second-order valence-corrected chi connectivity index (χ2v) is 5.92. The zero-order valence-corrected chi connectivity index (χ0v) is 11.5. The van der Waals surface area contributed by atoms with E-state index in [0.717, 1.165) is 0 Å². The van der Waals surface area contributed by atoms with Gasteiger partial charge < -0.3 is 20.4 Å². The molecule has 1 saturated heterocycles. The molecule has 2 heterocycles. The third kappa shape index (κ3) is 2.46. The van der Waals surface area contributed by atoms with Crippen molar-refractivity contribution in [3.05, 3.63) is 18.2 Å². The van der Waals surface area contributed by atoms with Crippen LogP contribution in [0.3, 0.4) is 0 Å². The van der Waals surface area contributed by atoms with Crippen molar-refractivity contribution in [2.45, 2.75) is 5.22 Å². The van der Waals surface area contributed by atoms with Crippen LogP contribution in [0, 0.1) is 0 Å². The normalized spacial score (nSPS) is 16.6. The Morgan fingerprint density at radius 1 is 1.50 bits per heavy atom. The Hall–Kier alpha value is -2.09. The predicted molar refractivity (Wildman–Crippen MR) is 74.7 cm³/mol. The lowest BCUT2D eigenvalue weighted by molar-refractivity contribution is 0.220. The van der Waals surface area contributed by atoms with Gasteiger partial charge in [-0.25, -0.2) is 14.0 Å². The molecule has 0 saturated carbocycles. The highest BCUT2D eigenvalue weighted by Gasteiger charge is 2.21. The molecule has 2 aromatic rings. The summed E-state index contributed by atoms with van der Waals surface area (Å²) in [6.45, 7) is 1.69. The fourth-order valence-corrected chi connectivity index (χ4v) is 2.97. The molecule has 0 spiro atoms. The Kier molecular flexibility index (Phi) is 3.31. The van der Waals surface area contributed by atoms with Gasteiger partial charge in [0.1, 0.15) is 16.3 Å². The van der Waals surface area contributed by atoms with Crippen LogP contribution in [0.15, 0.2) is 27.8 Å². The van der Waals surface area contributed by atoms with Crippen molar-refractivity contribution in [1.82, 2.24) is 15.2 Å². The average Bonchev–Trinajstić information content (AvgIpc) is 3.01. The van der Waals surface area contributed by atoms with Crippen molar-refractivity contribution in [3.8, 4) is 0 Å². The van der Waals surface area contributed by atoms with Crippen molar-refractivity contribution in [2.75, 3.05) is 31.1 Å². The first-order valence-electron chi connectivity index (χ1n) is 6.21. The first-order valence-corrected chi connectivity index (χ1v) is 7.52. The summed E-state index contributed by atoms with van der Waals surface area (Å²) < 4.78 is 17.6. The van der Waals surface area contributed by atoms with E-state index in [9.17, 15) is 9.00 Å². The van der Waals surface area contributed by atoms with Crippen LogP contribution in [0.25, 0.3) is 11.1 Å². The fourth-order valence-electron chi connectivity index (χ4n) is 2.02. The molecule has 2 amide bonds. The maximum atomic E-state index is 12.1. The highest BCUT2D eigenvalue weighted by atomic mass is 32.2. The molecule has 0 aliphatic carbocycles. The minimum Gasteiger partial charge on any atom is -0.430 e. The number of fused-ring (bicyclic) bond motifs is 1. The zero-order chi connectivity index (χ0) is 14.1. The summed E-state index contributed by atoms with van der Waals surface area (Å²) in [7, 11) is -1.37. The maximum Gasteiger partial charge on any atom is 0.317 e. The lowest BCUT2D eigenvalue weighted by Crippen LogP contribution is -2.31. The lowest BCUT2D eigenvalue weighted by Gasteiger charge is -2.12. The third-order valence-corrected chi connectivity index (χ3v) is 4.20. The molecule has 3 rings (SSSR count).